The lowest BCUT2D eigenvalue weighted by Crippen LogP contribution is -2.38. The lowest BCUT2D eigenvalue weighted by atomic mass is 9.99. The fourth-order valence-electron chi connectivity index (χ4n) is 4.58. The Labute approximate surface area is 212 Å². The SMILES string of the molecule is COc1ccc2c(c1)cc(C(N)=O)n2C(c1ccccc1)C(O)C(=O)Nc1ccc2ccnc(N)c2c1. The van der Waals surface area contributed by atoms with Crippen LogP contribution in [0.1, 0.15) is 22.1 Å². The number of nitrogens with one attached hydrogen (secondary N) is 1. The number of methoxy groups -OCH3 is 1. The van der Waals surface area contributed by atoms with Crippen LogP contribution in [-0.2, 0) is 4.79 Å². The van der Waals surface area contributed by atoms with Gasteiger partial charge in [-0.1, -0.05) is 36.4 Å². The fourth-order valence-corrected chi connectivity index (χ4v) is 4.58. The Morgan fingerprint density at radius 3 is 2.51 bits per heavy atom. The molecule has 0 aliphatic carbocycles. The highest BCUT2D eigenvalue weighted by Gasteiger charge is 2.33. The number of nitrogen functional groups attached to an aromatic ring is 1. The van der Waals surface area contributed by atoms with Crippen LogP contribution in [-0.4, -0.2) is 39.7 Å². The van der Waals surface area contributed by atoms with Crippen molar-refractivity contribution in [2.45, 2.75) is 12.1 Å². The van der Waals surface area contributed by atoms with Gasteiger partial charge in [0, 0.05) is 28.2 Å². The Morgan fingerprint density at radius 1 is 1.00 bits per heavy atom. The maximum Gasteiger partial charge on any atom is 0.265 e. The number of benzene rings is 3. The van der Waals surface area contributed by atoms with Gasteiger partial charge >= 0.3 is 0 Å². The molecule has 0 aliphatic heterocycles. The number of carbonyl (C=O) groups excluding carboxylic acids is 2. The number of primary amides is 1. The molecule has 2 atom stereocenters. The monoisotopic (exact) mass is 495 g/mol. The Hall–Kier alpha value is -4.89. The molecule has 0 spiro atoms. The molecule has 0 bridgehead atoms. The van der Waals surface area contributed by atoms with Gasteiger partial charge in [0.05, 0.1) is 13.2 Å². The number of hydrogen-bond donors (Lipinski definition) is 4. The normalized spacial score (nSPS) is 12.8. The van der Waals surface area contributed by atoms with E-state index >= 15 is 0 Å². The number of rotatable bonds is 7. The predicted molar refractivity (Wildman–Crippen MR) is 142 cm³/mol. The molecule has 5 aromatic rings. The van der Waals surface area contributed by atoms with Crippen LogP contribution in [0.25, 0.3) is 21.7 Å². The van der Waals surface area contributed by atoms with Crippen LogP contribution in [0.5, 0.6) is 5.75 Å². The van der Waals surface area contributed by atoms with E-state index in [9.17, 15) is 14.7 Å². The lowest BCUT2D eigenvalue weighted by Gasteiger charge is -2.27. The van der Waals surface area contributed by atoms with Gasteiger partial charge in [-0.25, -0.2) is 4.98 Å². The van der Waals surface area contributed by atoms with Crippen LogP contribution in [0.3, 0.4) is 0 Å². The van der Waals surface area contributed by atoms with Gasteiger partial charge in [-0.05, 0) is 53.4 Å². The molecule has 0 saturated heterocycles. The number of anilines is 2. The summed E-state index contributed by atoms with van der Waals surface area (Å²) < 4.78 is 6.91. The zero-order valence-electron chi connectivity index (χ0n) is 20.0. The van der Waals surface area contributed by atoms with E-state index in [0.717, 1.165) is 5.39 Å². The van der Waals surface area contributed by atoms with Crippen molar-refractivity contribution in [1.29, 1.82) is 0 Å². The summed E-state index contributed by atoms with van der Waals surface area (Å²) >= 11 is 0. The molecule has 2 unspecified atom stereocenters. The molecule has 9 nitrogen and oxygen atoms in total. The first-order valence-electron chi connectivity index (χ1n) is 11.5. The Morgan fingerprint density at radius 2 is 1.78 bits per heavy atom. The smallest absolute Gasteiger partial charge is 0.265 e. The maximum atomic E-state index is 13.4. The van der Waals surface area contributed by atoms with Crippen molar-refractivity contribution in [3.8, 4) is 5.75 Å². The first-order valence-corrected chi connectivity index (χ1v) is 11.5. The van der Waals surface area contributed by atoms with Crippen molar-refractivity contribution in [3.05, 3.63) is 96.3 Å². The fraction of sp³-hybridized carbons (Fsp3) is 0.107. The van der Waals surface area contributed by atoms with Crippen molar-refractivity contribution in [3.63, 3.8) is 0 Å². The second-order valence-electron chi connectivity index (χ2n) is 8.61. The first kappa shape index (κ1) is 23.8. The number of aromatic nitrogens is 2. The van der Waals surface area contributed by atoms with Gasteiger partial charge in [-0.2, -0.15) is 0 Å². The third-order valence-corrected chi connectivity index (χ3v) is 6.35. The van der Waals surface area contributed by atoms with Crippen LogP contribution >= 0.6 is 0 Å². The highest BCUT2D eigenvalue weighted by molar-refractivity contribution is 6.01. The van der Waals surface area contributed by atoms with Crippen LogP contribution in [0.4, 0.5) is 11.5 Å². The van der Waals surface area contributed by atoms with Gasteiger partial charge in [0.1, 0.15) is 17.3 Å². The van der Waals surface area contributed by atoms with Crippen LogP contribution in [0, 0.1) is 0 Å². The van der Waals surface area contributed by atoms with E-state index in [-0.39, 0.29) is 5.69 Å². The number of aliphatic hydroxyl groups excluding tert-OH is 1. The molecule has 186 valence electrons. The van der Waals surface area contributed by atoms with E-state index < -0.39 is 24.0 Å². The number of pyridine rings is 1. The van der Waals surface area contributed by atoms with Gasteiger partial charge in [0.2, 0.25) is 0 Å². The molecule has 2 heterocycles. The van der Waals surface area contributed by atoms with Crippen molar-refractivity contribution < 1.29 is 19.4 Å². The van der Waals surface area contributed by atoms with Crippen molar-refractivity contribution in [1.82, 2.24) is 9.55 Å². The van der Waals surface area contributed by atoms with E-state index in [1.54, 1.807) is 78.5 Å². The van der Waals surface area contributed by atoms with Gasteiger partial charge in [0.25, 0.3) is 11.8 Å². The quantitative estimate of drug-likeness (QED) is 0.272. The van der Waals surface area contributed by atoms with Gasteiger partial charge in [-0.3, -0.25) is 9.59 Å². The number of amides is 2. The standard InChI is InChI=1S/C28H25N5O4/c1-37-20-9-10-22-18(13-20)14-23(27(30)35)33(22)24(17-5-3-2-4-6-17)25(34)28(36)32-19-8-7-16-11-12-31-26(29)21(16)15-19/h2-15,24-25,34H,1H3,(H2,29,31)(H2,30,35)(H,32,36). The van der Waals surface area contributed by atoms with E-state index in [1.807, 2.05) is 18.2 Å². The molecule has 0 saturated carbocycles. The Bertz CT molecular complexity index is 1630. The zero-order valence-corrected chi connectivity index (χ0v) is 20.0. The van der Waals surface area contributed by atoms with Gasteiger partial charge in [0.15, 0.2) is 6.10 Å². The summed E-state index contributed by atoms with van der Waals surface area (Å²) in [6.07, 6.45) is 0.0254. The summed E-state index contributed by atoms with van der Waals surface area (Å²) in [6, 6.07) is 22.0. The largest absolute Gasteiger partial charge is 0.497 e. The summed E-state index contributed by atoms with van der Waals surface area (Å²) in [5, 5.41) is 16.4. The Kier molecular flexibility index (Phi) is 6.21. The van der Waals surface area contributed by atoms with Crippen LogP contribution < -0.4 is 21.5 Å². The second-order valence-corrected chi connectivity index (χ2v) is 8.61. The molecule has 3 aromatic carbocycles. The lowest BCUT2D eigenvalue weighted by molar-refractivity contribution is -0.125. The van der Waals surface area contributed by atoms with Gasteiger partial charge < -0.3 is 31.2 Å². The Balaban J connectivity index is 1.59. The molecule has 9 heteroatoms. The number of aliphatic hydroxyl groups is 1. The average molecular weight is 496 g/mol. The summed E-state index contributed by atoms with van der Waals surface area (Å²) in [6.45, 7) is 0. The molecular weight excluding hydrogens is 470 g/mol. The summed E-state index contributed by atoms with van der Waals surface area (Å²) in [5.74, 6) is -0.431. The molecule has 2 aromatic heterocycles. The van der Waals surface area contributed by atoms with Crippen molar-refractivity contribution >= 4 is 45.0 Å². The minimum absolute atomic E-state index is 0.147. The predicted octanol–water partition coefficient (Wildman–Crippen LogP) is 3.47. The highest BCUT2D eigenvalue weighted by Crippen LogP contribution is 2.33. The minimum atomic E-state index is -1.58. The molecule has 5 rings (SSSR count). The number of carbonyl (C=O) groups is 2. The van der Waals surface area contributed by atoms with E-state index in [0.29, 0.717) is 39.1 Å². The van der Waals surface area contributed by atoms with E-state index in [1.165, 1.54) is 0 Å². The molecule has 6 N–H and O–H groups in total. The van der Waals surface area contributed by atoms with E-state index in [2.05, 4.69) is 10.3 Å². The van der Waals surface area contributed by atoms with Crippen LogP contribution in [0.2, 0.25) is 0 Å². The molecule has 0 fully saturated rings. The topological polar surface area (TPSA) is 145 Å². The molecule has 0 radical (unpaired) electrons. The zero-order chi connectivity index (χ0) is 26.1. The highest BCUT2D eigenvalue weighted by atomic mass is 16.5. The van der Waals surface area contributed by atoms with E-state index in [4.69, 9.17) is 16.2 Å². The van der Waals surface area contributed by atoms with Crippen LogP contribution in [0.15, 0.2) is 85.1 Å². The minimum Gasteiger partial charge on any atom is -0.497 e. The third-order valence-electron chi connectivity index (χ3n) is 6.35. The average Bonchev–Trinajstić information content (AvgIpc) is 3.28. The number of nitrogens with two attached hydrogens (primary N) is 2. The van der Waals surface area contributed by atoms with Crippen molar-refractivity contribution in [2.75, 3.05) is 18.2 Å². The molecular formula is C28H25N5O4. The molecule has 0 aliphatic rings. The number of fused-ring (bicyclic) bond motifs is 2. The number of ether oxygens (including phenoxy) is 1. The maximum absolute atomic E-state index is 13.4. The number of nitrogens with zero attached hydrogens (tertiary/aromatic N) is 2. The summed E-state index contributed by atoms with van der Waals surface area (Å²) in [5.41, 5.74) is 13.6. The summed E-state index contributed by atoms with van der Waals surface area (Å²) in [4.78, 5) is 30.0. The first-order chi connectivity index (χ1) is 17.9. The third kappa shape index (κ3) is 4.43. The summed E-state index contributed by atoms with van der Waals surface area (Å²) in [7, 11) is 1.55. The molecule has 37 heavy (non-hydrogen) atoms. The molecule has 2 amide bonds. The van der Waals surface area contributed by atoms with Crippen molar-refractivity contribution in [2.24, 2.45) is 5.73 Å². The van der Waals surface area contributed by atoms with Gasteiger partial charge in [-0.15, -0.1) is 0 Å². The second kappa shape index (κ2) is 9.63. The number of hydrogen-bond acceptors (Lipinski definition) is 6.